The normalized spacial score (nSPS) is 12.2. The van der Waals surface area contributed by atoms with Gasteiger partial charge in [-0.05, 0) is 39.7 Å². The Morgan fingerprint density at radius 2 is 2.00 bits per heavy atom. The van der Waals surface area contributed by atoms with Gasteiger partial charge in [-0.25, -0.2) is 4.79 Å². The summed E-state index contributed by atoms with van der Waals surface area (Å²) in [4.78, 5) is 35.8. The number of nitrogens with zero attached hydrogens (tertiary/aromatic N) is 2. The van der Waals surface area contributed by atoms with Crippen LogP contribution < -0.4 is 5.32 Å². The third-order valence-electron chi connectivity index (χ3n) is 3.77. The molecular weight excluding hydrogens is 338 g/mol. The van der Waals surface area contributed by atoms with Crippen LogP contribution in [0.5, 0.6) is 0 Å². The third kappa shape index (κ3) is 7.08. The van der Waals surface area contributed by atoms with E-state index in [4.69, 9.17) is 4.74 Å². The lowest BCUT2D eigenvalue weighted by Crippen LogP contribution is -2.34. The predicted molar refractivity (Wildman–Crippen MR) is 97.8 cm³/mol. The van der Waals surface area contributed by atoms with Gasteiger partial charge in [-0.3, -0.25) is 14.9 Å². The fraction of sp³-hybridized carbons (Fsp3) is 0.556. The van der Waals surface area contributed by atoms with Crippen molar-refractivity contribution in [2.24, 2.45) is 0 Å². The summed E-state index contributed by atoms with van der Waals surface area (Å²) < 4.78 is 5.12. The third-order valence-corrected chi connectivity index (χ3v) is 3.77. The molecule has 0 aliphatic carbocycles. The van der Waals surface area contributed by atoms with Crippen LogP contribution in [0.15, 0.2) is 24.3 Å². The zero-order chi connectivity index (χ0) is 19.9. The van der Waals surface area contributed by atoms with Crippen LogP contribution in [0.2, 0.25) is 0 Å². The number of hydrogen-bond donors (Lipinski definition) is 1. The van der Waals surface area contributed by atoms with Crippen LogP contribution in [0, 0.1) is 10.1 Å². The van der Waals surface area contributed by atoms with Gasteiger partial charge in [0, 0.05) is 32.1 Å². The first kappa shape index (κ1) is 21.4. The van der Waals surface area contributed by atoms with Crippen molar-refractivity contribution >= 4 is 17.7 Å². The molecule has 1 atom stereocenters. The largest absolute Gasteiger partial charge is 0.444 e. The van der Waals surface area contributed by atoms with Crippen molar-refractivity contribution in [3.05, 3.63) is 39.9 Å². The maximum absolute atomic E-state index is 12.3. The first-order valence-corrected chi connectivity index (χ1v) is 8.48. The number of ether oxygens (including phenoxy) is 1. The number of carbonyl (C=O) groups excluding carboxylic acids is 2. The van der Waals surface area contributed by atoms with E-state index in [9.17, 15) is 19.7 Å². The number of carbonyl (C=O) groups is 2. The van der Waals surface area contributed by atoms with E-state index in [1.807, 2.05) is 6.92 Å². The van der Waals surface area contributed by atoms with E-state index in [2.05, 4.69) is 5.32 Å². The average Bonchev–Trinajstić information content (AvgIpc) is 2.55. The lowest BCUT2D eigenvalue weighted by atomic mass is 10.1. The number of non-ortho nitro benzene ring substituents is 1. The van der Waals surface area contributed by atoms with Crippen LogP contribution in [0.3, 0.4) is 0 Å². The number of nitro groups is 1. The Morgan fingerprint density at radius 1 is 1.35 bits per heavy atom. The zero-order valence-electron chi connectivity index (χ0n) is 15.9. The number of rotatable bonds is 7. The molecule has 0 aromatic heterocycles. The highest BCUT2D eigenvalue weighted by atomic mass is 16.6. The second kappa shape index (κ2) is 9.17. The van der Waals surface area contributed by atoms with E-state index in [0.717, 1.165) is 0 Å². The van der Waals surface area contributed by atoms with Gasteiger partial charge in [0.25, 0.3) is 5.69 Å². The van der Waals surface area contributed by atoms with Crippen LogP contribution in [-0.4, -0.2) is 41.0 Å². The fourth-order valence-corrected chi connectivity index (χ4v) is 2.26. The van der Waals surface area contributed by atoms with Crippen LogP contribution in [0.4, 0.5) is 10.5 Å². The summed E-state index contributed by atoms with van der Waals surface area (Å²) in [6, 6.07) is 5.96. The number of nitro benzene ring substituents is 1. The molecule has 0 saturated carbocycles. The van der Waals surface area contributed by atoms with E-state index < -0.39 is 16.6 Å². The predicted octanol–water partition coefficient (Wildman–Crippen LogP) is 3.42. The summed E-state index contributed by atoms with van der Waals surface area (Å²) in [5.41, 5.74) is 0.132. The smallest absolute Gasteiger partial charge is 0.407 e. The molecular formula is C18H27N3O5. The highest BCUT2D eigenvalue weighted by Crippen LogP contribution is 2.23. The van der Waals surface area contributed by atoms with E-state index in [0.29, 0.717) is 18.5 Å². The summed E-state index contributed by atoms with van der Waals surface area (Å²) in [5.74, 6) is -0.102. The Hall–Kier alpha value is -2.64. The molecule has 0 aliphatic rings. The second-order valence-electron chi connectivity index (χ2n) is 7.06. The van der Waals surface area contributed by atoms with Gasteiger partial charge in [-0.15, -0.1) is 0 Å². The summed E-state index contributed by atoms with van der Waals surface area (Å²) in [6.45, 7) is 7.48. The molecule has 0 unspecified atom stereocenters. The SMILES string of the molecule is C[C@H](c1cccc([N+](=O)[O-])c1)N(C)C(=O)CCCNC(=O)OC(C)(C)C. The first-order chi connectivity index (χ1) is 12.0. The Bertz CT molecular complexity index is 654. The Labute approximate surface area is 153 Å². The average molecular weight is 365 g/mol. The summed E-state index contributed by atoms with van der Waals surface area (Å²) in [7, 11) is 1.66. The first-order valence-electron chi connectivity index (χ1n) is 8.48. The number of hydrogen-bond acceptors (Lipinski definition) is 5. The van der Waals surface area contributed by atoms with Crippen LogP contribution in [0.25, 0.3) is 0 Å². The number of amides is 2. The van der Waals surface area contributed by atoms with Gasteiger partial charge in [0.2, 0.25) is 5.91 Å². The maximum atomic E-state index is 12.3. The Kier molecular flexibility index (Phi) is 7.55. The van der Waals surface area contributed by atoms with Crippen molar-refractivity contribution in [1.29, 1.82) is 0 Å². The van der Waals surface area contributed by atoms with Gasteiger partial charge in [0.1, 0.15) is 5.60 Å². The minimum Gasteiger partial charge on any atom is -0.444 e. The molecule has 1 aromatic rings. The van der Waals surface area contributed by atoms with E-state index >= 15 is 0 Å². The lowest BCUT2D eigenvalue weighted by molar-refractivity contribution is -0.384. The van der Waals surface area contributed by atoms with E-state index in [-0.39, 0.29) is 24.1 Å². The summed E-state index contributed by atoms with van der Waals surface area (Å²) in [6.07, 6.45) is 0.221. The topological polar surface area (TPSA) is 102 Å². The number of alkyl carbamates (subject to hydrolysis) is 1. The number of nitrogens with one attached hydrogen (secondary N) is 1. The molecule has 0 fully saturated rings. The van der Waals surface area contributed by atoms with Gasteiger partial charge >= 0.3 is 6.09 Å². The van der Waals surface area contributed by atoms with Crippen molar-refractivity contribution in [2.45, 2.75) is 52.2 Å². The highest BCUT2D eigenvalue weighted by Gasteiger charge is 2.19. The van der Waals surface area contributed by atoms with Gasteiger partial charge in [-0.1, -0.05) is 12.1 Å². The summed E-state index contributed by atoms with van der Waals surface area (Å²) in [5, 5.41) is 13.5. The molecule has 1 rings (SSSR count). The lowest BCUT2D eigenvalue weighted by Gasteiger charge is -2.25. The van der Waals surface area contributed by atoms with E-state index in [1.165, 1.54) is 12.1 Å². The van der Waals surface area contributed by atoms with Gasteiger partial charge < -0.3 is 15.0 Å². The molecule has 1 N–H and O–H groups in total. The molecule has 8 heteroatoms. The molecule has 2 amide bonds. The molecule has 0 saturated heterocycles. The molecule has 26 heavy (non-hydrogen) atoms. The number of benzene rings is 1. The second-order valence-corrected chi connectivity index (χ2v) is 7.06. The van der Waals surface area contributed by atoms with Crippen molar-refractivity contribution in [2.75, 3.05) is 13.6 Å². The van der Waals surface area contributed by atoms with Crippen LogP contribution in [-0.2, 0) is 9.53 Å². The zero-order valence-corrected chi connectivity index (χ0v) is 15.9. The molecule has 0 aliphatic heterocycles. The van der Waals surface area contributed by atoms with E-state index in [1.54, 1.807) is 44.9 Å². The molecule has 1 aromatic carbocycles. The van der Waals surface area contributed by atoms with Crippen LogP contribution >= 0.6 is 0 Å². The minimum atomic E-state index is -0.562. The molecule has 0 radical (unpaired) electrons. The minimum absolute atomic E-state index is 0.00300. The van der Waals surface area contributed by atoms with Crippen molar-refractivity contribution in [3.63, 3.8) is 0 Å². The highest BCUT2D eigenvalue weighted by molar-refractivity contribution is 5.76. The van der Waals surface area contributed by atoms with Crippen molar-refractivity contribution in [1.82, 2.24) is 10.2 Å². The maximum Gasteiger partial charge on any atom is 0.407 e. The van der Waals surface area contributed by atoms with Gasteiger partial charge in [0.05, 0.1) is 11.0 Å². The van der Waals surface area contributed by atoms with Gasteiger partial charge in [-0.2, -0.15) is 0 Å². The summed E-state index contributed by atoms with van der Waals surface area (Å²) >= 11 is 0. The molecule has 8 nitrogen and oxygen atoms in total. The van der Waals surface area contributed by atoms with Gasteiger partial charge in [0.15, 0.2) is 0 Å². The molecule has 0 bridgehead atoms. The van der Waals surface area contributed by atoms with Crippen LogP contribution in [0.1, 0.15) is 52.1 Å². The monoisotopic (exact) mass is 365 g/mol. The Morgan fingerprint density at radius 3 is 2.58 bits per heavy atom. The standard InChI is InChI=1S/C18H27N3O5/c1-13(14-8-6-9-15(12-14)21(24)25)20(5)16(22)10-7-11-19-17(23)26-18(2,3)4/h6,8-9,12-13H,7,10-11H2,1-5H3,(H,19,23)/t13-/m1/s1. The molecule has 144 valence electrons. The molecule has 0 heterocycles. The van der Waals surface area contributed by atoms with Crippen molar-refractivity contribution < 1.29 is 19.2 Å². The molecule has 0 spiro atoms. The quantitative estimate of drug-likeness (QED) is 0.453. The fourth-order valence-electron chi connectivity index (χ4n) is 2.26. The van der Waals surface area contributed by atoms with Crippen molar-refractivity contribution in [3.8, 4) is 0 Å². The Balaban J connectivity index is 2.48.